The summed E-state index contributed by atoms with van der Waals surface area (Å²) in [6.07, 6.45) is 2.92. The maximum atomic E-state index is 13.8. The molecule has 0 atom stereocenters. The Balaban J connectivity index is 1.90. The molecular formula is C17H9ClFN3O2. The van der Waals surface area contributed by atoms with Gasteiger partial charge in [0.1, 0.15) is 5.82 Å². The van der Waals surface area contributed by atoms with Crippen LogP contribution in [0.25, 0.3) is 5.69 Å². The van der Waals surface area contributed by atoms with E-state index in [0.717, 1.165) is 11.0 Å². The van der Waals surface area contributed by atoms with Gasteiger partial charge in [-0.2, -0.15) is 5.10 Å². The quantitative estimate of drug-likeness (QED) is 0.671. The lowest BCUT2D eigenvalue weighted by atomic mass is 10.1. The molecule has 2 amide bonds. The molecule has 3 aromatic rings. The molecule has 24 heavy (non-hydrogen) atoms. The van der Waals surface area contributed by atoms with Crippen LogP contribution in [-0.2, 0) is 0 Å². The van der Waals surface area contributed by atoms with Crippen molar-refractivity contribution in [3.8, 4) is 5.69 Å². The first-order valence-electron chi connectivity index (χ1n) is 7.04. The van der Waals surface area contributed by atoms with Crippen molar-refractivity contribution in [3.63, 3.8) is 0 Å². The largest absolute Gasteiger partial charge is 0.268 e. The average molecular weight is 342 g/mol. The summed E-state index contributed by atoms with van der Waals surface area (Å²) in [6.45, 7) is 0. The van der Waals surface area contributed by atoms with E-state index in [4.69, 9.17) is 11.6 Å². The molecule has 7 heteroatoms. The second kappa shape index (κ2) is 5.28. The molecule has 0 N–H and O–H groups in total. The van der Waals surface area contributed by atoms with Crippen LogP contribution >= 0.6 is 11.6 Å². The minimum absolute atomic E-state index is 0.112. The van der Waals surface area contributed by atoms with Gasteiger partial charge in [-0.3, -0.25) is 9.59 Å². The fourth-order valence-electron chi connectivity index (χ4n) is 2.71. The Morgan fingerprint density at radius 1 is 0.958 bits per heavy atom. The van der Waals surface area contributed by atoms with Gasteiger partial charge in [-0.05, 0) is 24.3 Å². The van der Waals surface area contributed by atoms with Gasteiger partial charge in [0.05, 0.1) is 33.7 Å². The normalized spacial score (nSPS) is 13.5. The summed E-state index contributed by atoms with van der Waals surface area (Å²) >= 11 is 5.88. The molecule has 2 aromatic carbocycles. The van der Waals surface area contributed by atoms with Crippen molar-refractivity contribution < 1.29 is 14.0 Å². The Morgan fingerprint density at radius 2 is 1.62 bits per heavy atom. The molecule has 0 fully saturated rings. The average Bonchev–Trinajstić information content (AvgIpc) is 3.10. The number of benzene rings is 2. The van der Waals surface area contributed by atoms with Crippen LogP contribution in [0.1, 0.15) is 20.7 Å². The number of halogens is 2. The number of nitrogens with zero attached hydrogens (tertiary/aromatic N) is 3. The van der Waals surface area contributed by atoms with Crippen LogP contribution in [0.2, 0.25) is 5.02 Å². The van der Waals surface area contributed by atoms with Crippen LogP contribution in [0.4, 0.5) is 10.1 Å². The van der Waals surface area contributed by atoms with E-state index in [0.29, 0.717) is 10.7 Å². The Bertz CT molecular complexity index is 964. The first-order valence-corrected chi connectivity index (χ1v) is 7.42. The molecule has 0 unspecified atom stereocenters. The topological polar surface area (TPSA) is 55.2 Å². The molecule has 2 heterocycles. The van der Waals surface area contributed by atoms with Crippen LogP contribution < -0.4 is 4.90 Å². The van der Waals surface area contributed by atoms with Gasteiger partial charge in [-0.25, -0.2) is 14.0 Å². The molecule has 0 radical (unpaired) electrons. The molecule has 0 spiro atoms. The Hall–Kier alpha value is -2.99. The number of aromatic nitrogens is 2. The van der Waals surface area contributed by atoms with Crippen molar-refractivity contribution >= 4 is 29.1 Å². The van der Waals surface area contributed by atoms with Gasteiger partial charge in [0, 0.05) is 12.3 Å². The Morgan fingerprint density at radius 3 is 2.21 bits per heavy atom. The standard InChI is InChI=1S/C17H9ClFN3O2/c18-10-8-20-21(9-10)14-6-5-11(19)7-15(14)22-16(23)12-3-1-2-4-13(12)17(22)24/h1-9H. The highest BCUT2D eigenvalue weighted by atomic mass is 35.5. The summed E-state index contributed by atoms with van der Waals surface area (Å²) in [4.78, 5) is 26.2. The third kappa shape index (κ3) is 2.11. The fraction of sp³-hybridized carbons (Fsp3) is 0. The summed E-state index contributed by atoms with van der Waals surface area (Å²) in [7, 11) is 0. The number of fused-ring (bicyclic) bond motifs is 1. The van der Waals surface area contributed by atoms with Crippen molar-refractivity contribution in [1.82, 2.24) is 9.78 Å². The summed E-state index contributed by atoms with van der Waals surface area (Å²) in [6, 6.07) is 10.3. The third-order valence-electron chi connectivity index (χ3n) is 3.77. The lowest BCUT2D eigenvalue weighted by Gasteiger charge is -2.18. The highest BCUT2D eigenvalue weighted by Crippen LogP contribution is 2.33. The number of carbonyl (C=O) groups excluding carboxylic acids is 2. The third-order valence-corrected chi connectivity index (χ3v) is 3.97. The minimum atomic E-state index is -0.566. The maximum Gasteiger partial charge on any atom is 0.266 e. The highest BCUT2D eigenvalue weighted by molar-refractivity contribution is 6.35. The zero-order valence-electron chi connectivity index (χ0n) is 12.1. The first kappa shape index (κ1) is 14.6. The Labute approximate surface area is 140 Å². The molecule has 1 aliphatic heterocycles. The highest BCUT2D eigenvalue weighted by Gasteiger charge is 2.37. The van der Waals surface area contributed by atoms with Crippen LogP contribution in [0.5, 0.6) is 0 Å². The SMILES string of the molecule is O=C1c2ccccc2C(=O)N1c1cc(F)ccc1-n1cc(Cl)cn1. The van der Waals surface area contributed by atoms with Gasteiger partial charge >= 0.3 is 0 Å². The number of imide groups is 1. The van der Waals surface area contributed by atoms with E-state index in [9.17, 15) is 14.0 Å². The first-order chi connectivity index (χ1) is 11.6. The molecule has 0 saturated carbocycles. The van der Waals surface area contributed by atoms with E-state index in [1.54, 1.807) is 24.3 Å². The molecule has 1 aliphatic rings. The number of carbonyl (C=O) groups is 2. The van der Waals surface area contributed by atoms with Crippen LogP contribution in [0.15, 0.2) is 54.9 Å². The summed E-state index contributed by atoms with van der Waals surface area (Å²) in [5, 5.41) is 4.44. The molecule has 1 aromatic heterocycles. The van der Waals surface area contributed by atoms with E-state index in [1.165, 1.54) is 29.2 Å². The van der Waals surface area contributed by atoms with Gasteiger partial charge in [0.25, 0.3) is 11.8 Å². The van der Waals surface area contributed by atoms with Crippen LogP contribution in [0.3, 0.4) is 0 Å². The fourth-order valence-corrected chi connectivity index (χ4v) is 2.85. The van der Waals surface area contributed by atoms with Crippen molar-refractivity contribution in [3.05, 3.63) is 76.8 Å². The molecule has 0 saturated heterocycles. The van der Waals surface area contributed by atoms with E-state index < -0.39 is 17.6 Å². The molecule has 5 nitrogen and oxygen atoms in total. The number of anilines is 1. The van der Waals surface area contributed by atoms with Crippen molar-refractivity contribution in [2.45, 2.75) is 0 Å². The van der Waals surface area contributed by atoms with Gasteiger partial charge in [-0.15, -0.1) is 0 Å². The Kier molecular flexibility index (Phi) is 3.21. The predicted octanol–water partition coefficient (Wildman–Crippen LogP) is 3.47. The molecule has 0 aliphatic carbocycles. The number of rotatable bonds is 2. The summed E-state index contributed by atoms with van der Waals surface area (Å²) in [5.41, 5.74) is 1.06. The zero-order valence-corrected chi connectivity index (χ0v) is 12.9. The van der Waals surface area contributed by atoms with Gasteiger partial charge in [-0.1, -0.05) is 23.7 Å². The second-order valence-corrected chi connectivity index (χ2v) is 5.66. The van der Waals surface area contributed by atoms with Gasteiger partial charge in [0.15, 0.2) is 0 Å². The van der Waals surface area contributed by atoms with Crippen molar-refractivity contribution in [1.29, 1.82) is 0 Å². The smallest absolute Gasteiger partial charge is 0.266 e. The van der Waals surface area contributed by atoms with Gasteiger partial charge in [0.2, 0.25) is 0 Å². The van der Waals surface area contributed by atoms with E-state index >= 15 is 0 Å². The zero-order chi connectivity index (χ0) is 16.8. The van der Waals surface area contributed by atoms with E-state index in [2.05, 4.69) is 5.10 Å². The molecular weight excluding hydrogens is 333 g/mol. The monoisotopic (exact) mass is 341 g/mol. The summed E-state index contributed by atoms with van der Waals surface area (Å²) < 4.78 is 15.2. The lowest BCUT2D eigenvalue weighted by molar-refractivity contribution is 0.0926. The van der Waals surface area contributed by atoms with Gasteiger partial charge < -0.3 is 0 Å². The number of amides is 2. The van der Waals surface area contributed by atoms with E-state index in [1.807, 2.05) is 0 Å². The molecule has 0 bridgehead atoms. The second-order valence-electron chi connectivity index (χ2n) is 5.23. The lowest BCUT2D eigenvalue weighted by Crippen LogP contribution is -2.30. The minimum Gasteiger partial charge on any atom is -0.268 e. The van der Waals surface area contributed by atoms with E-state index in [-0.39, 0.29) is 16.8 Å². The van der Waals surface area contributed by atoms with Crippen LogP contribution in [-0.4, -0.2) is 21.6 Å². The molecule has 4 rings (SSSR count). The number of hydrogen-bond donors (Lipinski definition) is 0. The summed E-state index contributed by atoms with van der Waals surface area (Å²) in [5.74, 6) is -1.56. The van der Waals surface area contributed by atoms with Crippen molar-refractivity contribution in [2.24, 2.45) is 0 Å². The van der Waals surface area contributed by atoms with Crippen LogP contribution in [0, 0.1) is 5.82 Å². The van der Waals surface area contributed by atoms with Crippen molar-refractivity contribution in [2.75, 3.05) is 4.90 Å². The maximum absolute atomic E-state index is 13.8. The molecule has 118 valence electrons. The predicted molar refractivity (Wildman–Crippen MR) is 86.1 cm³/mol. The number of hydrogen-bond acceptors (Lipinski definition) is 3.